The molecule has 0 spiro atoms. The second-order valence-electron chi connectivity index (χ2n) is 4.64. The minimum absolute atomic E-state index is 0.173. The summed E-state index contributed by atoms with van der Waals surface area (Å²) in [5.74, 6) is 0.108. The molecule has 7 heteroatoms. The van der Waals surface area contributed by atoms with Gasteiger partial charge in [-0.25, -0.2) is 5.43 Å². The number of phenols is 1. The summed E-state index contributed by atoms with van der Waals surface area (Å²) >= 11 is 13.2. The van der Waals surface area contributed by atoms with Gasteiger partial charge in [-0.2, -0.15) is 5.10 Å². The predicted octanol–water partition coefficient (Wildman–Crippen LogP) is 4.33. The largest absolute Gasteiger partial charge is 0.508 e. The van der Waals surface area contributed by atoms with E-state index in [9.17, 15) is 9.90 Å². The van der Waals surface area contributed by atoms with Crippen LogP contribution in [0.3, 0.4) is 0 Å². The summed E-state index contributed by atoms with van der Waals surface area (Å²) < 4.78 is 0. The Morgan fingerprint density at radius 3 is 2.61 bits per heavy atom. The second kappa shape index (κ2) is 8.24. The van der Waals surface area contributed by atoms with Crippen molar-refractivity contribution in [1.82, 2.24) is 5.43 Å². The van der Waals surface area contributed by atoms with E-state index in [1.807, 2.05) is 0 Å². The lowest BCUT2D eigenvalue weighted by molar-refractivity contribution is -0.118. The van der Waals surface area contributed by atoms with E-state index in [1.165, 1.54) is 11.8 Å². The number of carbonyl (C=O) groups is 1. The summed E-state index contributed by atoms with van der Waals surface area (Å²) in [6.45, 7) is 1.77. The Kier molecular flexibility index (Phi) is 6.33. The van der Waals surface area contributed by atoms with Gasteiger partial charge in [0.2, 0.25) is 5.91 Å². The Morgan fingerprint density at radius 1 is 1.22 bits per heavy atom. The number of halogens is 2. The van der Waals surface area contributed by atoms with Gasteiger partial charge in [-0.05, 0) is 55.0 Å². The predicted molar refractivity (Wildman–Crippen MR) is 95.6 cm³/mol. The summed E-state index contributed by atoms with van der Waals surface area (Å²) in [6, 6.07) is 11.7. The Hall–Kier alpha value is -1.69. The number of thioether (sulfide) groups is 1. The number of benzene rings is 2. The molecule has 0 saturated carbocycles. The van der Waals surface area contributed by atoms with Crippen molar-refractivity contribution in [3.63, 3.8) is 0 Å². The molecular weight excluding hydrogens is 355 g/mol. The van der Waals surface area contributed by atoms with Gasteiger partial charge in [0.25, 0.3) is 0 Å². The monoisotopic (exact) mass is 368 g/mol. The fourth-order valence-electron chi connectivity index (χ4n) is 1.68. The molecule has 0 fully saturated rings. The van der Waals surface area contributed by atoms with Crippen LogP contribution in [-0.2, 0) is 4.79 Å². The van der Waals surface area contributed by atoms with Crippen LogP contribution in [0, 0.1) is 0 Å². The maximum absolute atomic E-state index is 11.8. The average Bonchev–Trinajstić information content (AvgIpc) is 2.54. The molecule has 0 saturated heterocycles. The molecule has 1 amide bonds. The lowest BCUT2D eigenvalue weighted by Gasteiger charge is -2.05. The molecular formula is C16H14Cl2N2O2S. The van der Waals surface area contributed by atoms with Gasteiger partial charge in [-0.3, -0.25) is 4.79 Å². The van der Waals surface area contributed by atoms with Crippen LogP contribution < -0.4 is 5.43 Å². The lowest BCUT2D eigenvalue weighted by Crippen LogP contribution is -2.21. The van der Waals surface area contributed by atoms with Gasteiger partial charge in [-0.1, -0.05) is 23.2 Å². The highest BCUT2D eigenvalue weighted by molar-refractivity contribution is 8.00. The summed E-state index contributed by atoms with van der Waals surface area (Å²) in [4.78, 5) is 12.6. The first-order valence-corrected chi connectivity index (χ1v) is 8.40. The molecule has 0 aromatic heterocycles. The van der Waals surface area contributed by atoms with Crippen molar-refractivity contribution in [2.24, 2.45) is 5.10 Å². The van der Waals surface area contributed by atoms with Crippen LogP contribution in [0.4, 0.5) is 0 Å². The molecule has 0 heterocycles. The van der Waals surface area contributed by atoms with E-state index in [-0.39, 0.29) is 17.4 Å². The van der Waals surface area contributed by atoms with Gasteiger partial charge < -0.3 is 5.11 Å². The van der Waals surface area contributed by atoms with Crippen molar-refractivity contribution in [2.45, 2.75) is 11.8 Å². The molecule has 2 aromatic carbocycles. The van der Waals surface area contributed by atoms with E-state index >= 15 is 0 Å². The maximum Gasteiger partial charge on any atom is 0.250 e. The topological polar surface area (TPSA) is 61.7 Å². The number of hydrazone groups is 1. The standard InChI is InChI=1S/C16H14Cl2N2O2S/c1-10(11-2-5-13(21)6-3-11)19-20-16(22)9-23-15-8-12(17)4-7-14(15)18/h2-8,21H,9H2,1H3,(H,20,22)/b19-10+. The first-order valence-electron chi connectivity index (χ1n) is 6.66. The van der Waals surface area contributed by atoms with Crippen molar-refractivity contribution in [3.8, 4) is 5.75 Å². The zero-order valence-electron chi connectivity index (χ0n) is 12.2. The molecule has 0 aliphatic heterocycles. The zero-order valence-corrected chi connectivity index (χ0v) is 14.5. The number of carbonyl (C=O) groups excluding carboxylic acids is 1. The molecule has 0 radical (unpaired) electrons. The SMILES string of the molecule is C/C(=N\NC(=O)CSc1cc(Cl)ccc1Cl)c1ccc(O)cc1. The molecule has 2 N–H and O–H groups in total. The number of nitrogens with one attached hydrogen (secondary N) is 1. The number of rotatable bonds is 5. The maximum atomic E-state index is 11.8. The fraction of sp³-hybridized carbons (Fsp3) is 0.125. The van der Waals surface area contributed by atoms with Crippen LogP contribution in [0.2, 0.25) is 10.0 Å². The molecule has 2 aromatic rings. The summed E-state index contributed by atoms with van der Waals surface area (Å²) in [5.41, 5.74) is 3.95. The Morgan fingerprint density at radius 2 is 1.91 bits per heavy atom. The molecule has 23 heavy (non-hydrogen) atoms. The molecule has 4 nitrogen and oxygen atoms in total. The third kappa shape index (κ3) is 5.46. The Balaban J connectivity index is 1.90. The van der Waals surface area contributed by atoms with Crippen molar-refractivity contribution < 1.29 is 9.90 Å². The first kappa shape index (κ1) is 17.7. The normalized spacial score (nSPS) is 11.3. The minimum atomic E-state index is -0.246. The Labute approximate surface area is 148 Å². The van der Waals surface area contributed by atoms with Gasteiger partial charge >= 0.3 is 0 Å². The van der Waals surface area contributed by atoms with Crippen molar-refractivity contribution in [3.05, 3.63) is 58.1 Å². The lowest BCUT2D eigenvalue weighted by atomic mass is 10.1. The van der Waals surface area contributed by atoms with E-state index in [2.05, 4.69) is 10.5 Å². The number of phenolic OH excluding ortho intramolecular Hbond substituents is 1. The molecule has 0 atom stereocenters. The van der Waals surface area contributed by atoms with Crippen LogP contribution in [-0.4, -0.2) is 22.5 Å². The van der Waals surface area contributed by atoms with Gasteiger partial charge in [0.05, 0.1) is 16.5 Å². The van der Waals surface area contributed by atoms with Crippen LogP contribution in [0.1, 0.15) is 12.5 Å². The molecule has 0 aliphatic carbocycles. The van der Waals surface area contributed by atoms with E-state index in [0.717, 1.165) is 10.5 Å². The van der Waals surface area contributed by atoms with Gasteiger partial charge in [0.1, 0.15) is 5.75 Å². The van der Waals surface area contributed by atoms with Crippen molar-refractivity contribution >= 4 is 46.6 Å². The van der Waals surface area contributed by atoms with Crippen LogP contribution >= 0.6 is 35.0 Å². The number of nitrogens with zero attached hydrogens (tertiary/aromatic N) is 1. The quantitative estimate of drug-likeness (QED) is 0.469. The number of aromatic hydroxyl groups is 1. The highest BCUT2D eigenvalue weighted by Gasteiger charge is 2.06. The fourth-order valence-corrected chi connectivity index (χ4v) is 2.96. The molecule has 0 unspecified atom stereocenters. The average molecular weight is 369 g/mol. The van der Waals surface area contributed by atoms with E-state index in [0.29, 0.717) is 15.8 Å². The molecule has 0 aliphatic rings. The smallest absolute Gasteiger partial charge is 0.250 e. The summed E-state index contributed by atoms with van der Waals surface area (Å²) in [6.07, 6.45) is 0. The van der Waals surface area contributed by atoms with Crippen LogP contribution in [0.25, 0.3) is 0 Å². The molecule has 0 bridgehead atoms. The highest BCUT2D eigenvalue weighted by Crippen LogP contribution is 2.29. The van der Waals surface area contributed by atoms with Crippen molar-refractivity contribution in [1.29, 1.82) is 0 Å². The van der Waals surface area contributed by atoms with Gasteiger partial charge in [-0.15, -0.1) is 11.8 Å². The second-order valence-corrected chi connectivity index (χ2v) is 6.50. The highest BCUT2D eigenvalue weighted by atomic mass is 35.5. The number of hydrogen-bond acceptors (Lipinski definition) is 4. The third-order valence-corrected chi connectivity index (χ3v) is 4.62. The molecule has 120 valence electrons. The summed E-state index contributed by atoms with van der Waals surface area (Å²) in [5, 5.41) is 14.4. The molecule has 2 rings (SSSR count). The van der Waals surface area contributed by atoms with E-state index in [1.54, 1.807) is 49.4 Å². The van der Waals surface area contributed by atoms with Gasteiger partial charge in [0.15, 0.2) is 0 Å². The first-order chi connectivity index (χ1) is 11.0. The van der Waals surface area contributed by atoms with E-state index in [4.69, 9.17) is 23.2 Å². The number of hydrogen-bond donors (Lipinski definition) is 2. The Bertz CT molecular complexity index is 733. The summed E-state index contributed by atoms with van der Waals surface area (Å²) in [7, 11) is 0. The van der Waals surface area contributed by atoms with Crippen LogP contribution in [0.15, 0.2) is 52.5 Å². The van der Waals surface area contributed by atoms with Crippen molar-refractivity contribution in [2.75, 3.05) is 5.75 Å². The van der Waals surface area contributed by atoms with E-state index < -0.39 is 0 Å². The number of amides is 1. The third-order valence-electron chi connectivity index (χ3n) is 2.89. The zero-order chi connectivity index (χ0) is 16.8. The van der Waals surface area contributed by atoms with Gasteiger partial charge in [0, 0.05) is 9.92 Å². The van der Waals surface area contributed by atoms with Crippen LogP contribution in [0.5, 0.6) is 5.75 Å². The minimum Gasteiger partial charge on any atom is -0.508 e.